The van der Waals surface area contributed by atoms with Crippen LogP contribution in [0.3, 0.4) is 0 Å². The molecule has 1 N–H and O–H groups in total. The molecule has 1 aromatic heterocycles. The van der Waals surface area contributed by atoms with Crippen LogP contribution in [-0.2, 0) is 4.79 Å². The second-order valence-electron chi connectivity index (χ2n) is 6.10. The fraction of sp³-hybridized carbons (Fsp3) is 0.316. The van der Waals surface area contributed by atoms with Gasteiger partial charge in [-0.3, -0.25) is 14.6 Å². The number of nitrogens with zero attached hydrogens (tertiary/aromatic N) is 2. The maximum absolute atomic E-state index is 14.3. The van der Waals surface area contributed by atoms with E-state index in [0.717, 1.165) is 6.07 Å². The highest BCUT2D eigenvalue weighted by molar-refractivity contribution is 6.06. The summed E-state index contributed by atoms with van der Waals surface area (Å²) in [4.78, 5) is 29.9. The summed E-state index contributed by atoms with van der Waals surface area (Å²) in [5, 5.41) is 2.54. The van der Waals surface area contributed by atoms with Crippen molar-refractivity contribution in [2.24, 2.45) is 5.92 Å². The molecule has 132 valence electrons. The Balaban J connectivity index is 2.18. The van der Waals surface area contributed by atoms with Crippen molar-refractivity contribution >= 4 is 23.2 Å². The molecular formula is C19H22FN3O2. The zero-order valence-corrected chi connectivity index (χ0v) is 14.6. The van der Waals surface area contributed by atoms with Crippen molar-refractivity contribution in [2.75, 3.05) is 16.8 Å². The number of hydrogen-bond acceptors (Lipinski definition) is 3. The topological polar surface area (TPSA) is 62.3 Å². The second kappa shape index (κ2) is 8.37. The molecule has 6 heteroatoms. The lowest BCUT2D eigenvalue weighted by atomic mass is 10.1. The zero-order valence-electron chi connectivity index (χ0n) is 14.6. The van der Waals surface area contributed by atoms with Crippen LogP contribution in [0.2, 0.25) is 0 Å². The molecule has 2 aromatic rings. The summed E-state index contributed by atoms with van der Waals surface area (Å²) in [6.07, 6.45) is 3.50. The zero-order chi connectivity index (χ0) is 18.4. The first kappa shape index (κ1) is 18.6. The molecule has 0 atom stereocenters. The molecular weight excluding hydrogens is 321 g/mol. The minimum atomic E-state index is -0.631. The van der Waals surface area contributed by atoms with Crippen LogP contribution in [0, 0.1) is 11.7 Å². The third kappa shape index (κ3) is 4.86. The lowest BCUT2D eigenvalue weighted by molar-refractivity contribution is -0.116. The Hall–Kier alpha value is -2.76. The molecule has 0 spiro atoms. The lowest BCUT2D eigenvalue weighted by Gasteiger charge is -2.21. The first-order chi connectivity index (χ1) is 11.9. The van der Waals surface area contributed by atoms with Gasteiger partial charge in [-0.1, -0.05) is 13.8 Å². The van der Waals surface area contributed by atoms with Crippen molar-refractivity contribution in [2.45, 2.75) is 27.2 Å². The second-order valence-corrected chi connectivity index (χ2v) is 6.10. The fourth-order valence-corrected chi connectivity index (χ4v) is 2.44. The molecule has 0 unspecified atom stereocenters. The maximum atomic E-state index is 14.3. The van der Waals surface area contributed by atoms with E-state index < -0.39 is 5.82 Å². The van der Waals surface area contributed by atoms with E-state index in [1.165, 1.54) is 17.0 Å². The van der Waals surface area contributed by atoms with E-state index in [4.69, 9.17) is 0 Å². The van der Waals surface area contributed by atoms with Gasteiger partial charge in [-0.2, -0.15) is 0 Å². The molecule has 1 heterocycles. The highest BCUT2D eigenvalue weighted by Crippen LogP contribution is 2.20. The minimum Gasteiger partial charge on any atom is -0.324 e. The molecule has 5 nitrogen and oxygen atoms in total. The van der Waals surface area contributed by atoms with Gasteiger partial charge < -0.3 is 10.2 Å². The lowest BCUT2D eigenvalue weighted by Crippen LogP contribution is -2.30. The Morgan fingerprint density at radius 2 is 1.88 bits per heavy atom. The Kier molecular flexibility index (Phi) is 6.22. The highest BCUT2D eigenvalue weighted by Gasteiger charge is 2.18. The summed E-state index contributed by atoms with van der Waals surface area (Å²) >= 11 is 0. The van der Waals surface area contributed by atoms with Crippen molar-refractivity contribution in [3.8, 4) is 0 Å². The summed E-state index contributed by atoms with van der Waals surface area (Å²) in [7, 11) is 0. The first-order valence-corrected chi connectivity index (χ1v) is 8.23. The molecule has 0 aliphatic carbocycles. The van der Waals surface area contributed by atoms with E-state index in [1.54, 1.807) is 24.5 Å². The number of carbonyl (C=O) groups excluding carboxylic acids is 2. The van der Waals surface area contributed by atoms with Crippen molar-refractivity contribution in [1.29, 1.82) is 0 Å². The number of hydrogen-bond donors (Lipinski definition) is 1. The molecule has 0 radical (unpaired) electrons. The summed E-state index contributed by atoms with van der Waals surface area (Å²) in [5.74, 6) is -1.01. The van der Waals surface area contributed by atoms with Crippen LogP contribution in [0.15, 0.2) is 42.7 Å². The Labute approximate surface area is 146 Å². The molecule has 2 amide bonds. The van der Waals surface area contributed by atoms with Crippen molar-refractivity contribution in [3.63, 3.8) is 0 Å². The van der Waals surface area contributed by atoms with Crippen LogP contribution in [-0.4, -0.2) is 23.3 Å². The molecule has 0 fully saturated rings. The Morgan fingerprint density at radius 1 is 1.20 bits per heavy atom. The number of benzene rings is 1. The quantitative estimate of drug-likeness (QED) is 0.866. The molecule has 0 aliphatic heterocycles. The number of anilines is 2. The number of carbonyl (C=O) groups is 2. The first-order valence-electron chi connectivity index (χ1n) is 8.23. The average Bonchev–Trinajstić information content (AvgIpc) is 2.57. The van der Waals surface area contributed by atoms with Crippen molar-refractivity contribution in [1.82, 2.24) is 4.98 Å². The number of nitrogens with one attached hydrogen (secondary N) is 1. The largest absolute Gasteiger partial charge is 0.324 e. The van der Waals surface area contributed by atoms with E-state index in [-0.39, 0.29) is 29.0 Å². The van der Waals surface area contributed by atoms with Crippen LogP contribution in [0.4, 0.5) is 15.8 Å². The molecule has 0 aliphatic rings. The van der Waals surface area contributed by atoms with Crippen molar-refractivity contribution < 1.29 is 14.0 Å². The van der Waals surface area contributed by atoms with Crippen LogP contribution in [0.5, 0.6) is 0 Å². The number of rotatable bonds is 6. The highest BCUT2D eigenvalue weighted by atomic mass is 19.1. The minimum absolute atomic E-state index is 0.0779. The van der Waals surface area contributed by atoms with Crippen LogP contribution in [0.25, 0.3) is 0 Å². The van der Waals surface area contributed by atoms with Gasteiger partial charge >= 0.3 is 0 Å². The van der Waals surface area contributed by atoms with Gasteiger partial charge in [0.25, 0.3) is 5.91 Å². The van der Waals surface area contributed by atoms with E-state index in [0.29, 0.717) is 18.7 Å². The predicted molar refractivity (Wildman–Crippen MR) is 96.1 cm³/mol. The molecule has 0 saturated heterocycles. The Morgan fingerprint density at radius 3 is 2.44 bits per heavy atom. The maximum Gasteiger partial charge on any atom is 0.258 e. The van der Waals surface area contributed by atoms with E-state index in [1.807, 2.05) is 20.8 Å². The normalized spacial score (nSPS) is 10.6. The summed E-state index contributed by atoms with van der Waals surface area (Å²) in [6, 6.07) is 7.52. The molecule has 2 rings (SSSR count). The SMILES string of the molecule is CCN(C(=O)c1ccc(NC(=O)CC(C)C)c(F)c1)c1ccncc1. The molecule has 25 heavy (non-hydrogen) atoms. The third-order valence-electron chi connectivity index (χ3n) is 3.62. The van der Waals surface area contributed by atoms with Gasteiger partial charge in [0, 0.05) is 36.6 Å². The standard InChI is InChI=1S/C19H22FN3O2/c1-4-23(15-7-9-21-10-8-15)19(25)14-5-6-17(16(20)12-14)22-18(24)11-13(2)3/h5-10,12-13H,4,11H2,1-3H3,(H,22,24). The van der Waals surface area contributed by atoms with Crippen molar-refractivity contribution in [3.05, 3.63) is 54.1 Å². The monoisotopic (exact) mass is 343 g/mol. The number of aromatic nitrogens is 1. The summed E-state index contributed by atoms with van der Waals surface area (Å²) in [6.45, 7) is 6.11. The number of amides is 2. The van der Waals surface area contributed by atoms with Crippen LogP contribution >= 0.6 is 0 Å². The third-order valence-corrected chi connectivity index (χ3v) is 3.62. The van der Waals surface area contributed by atoms with Gasteiger partial charge in [0.05, 0.1) is 5.69 Å². The molecule has 0 bridgehead atoms. The summed E-state index contributed by atoms with van der Waals surface area (Å²) < 4.78 is 14.3. The van der Waals surface area contributed by atoms with Crippen LogP contribution < -0.4 is 10.2 Å². The predicted octanol–water partition coefficient (Wildman–Crippen LogP) is 3.87. The Bertz CT molecular complexity index is 748. The van der Waals surface area contributed by atoms with Gasteiger partial charge in [-0.15, -0.1) is 0 Å². The van der Waals surface area contributed by atoms with Gasteiger partial charge in [0.1, 0.15) is 5.82 Å². The van der Waals surface area contributed by atoms with Gasteiger partial charge in [-0.05, 0) is 43.2 Å². The van der Waals surface area contributed by atoms with Crippen LogP contribution in [0.1, 0.15) is 37.6 Å². The number of halogens is 1. The number of pyridine rings is 1. The van der Waals surface area contributed by atoms with Gasteiger partial charge in [-0.25, -0.2) is 4.39 Å². The van der Waals surface area contributed by atoms with Gasteiger partial charge in [0.15, 0.2) is 0 Å². The molecule has 1 aromatic carbocycles. The smallest absolute Gasteiger partial charge is 0.258 e. The van der Waals surface area contributed by atoms with E-state index in [2.05, 4.69) is 10.3 Å². The van der Waals surface area contributed by atoms with Gasteiger partial charge in [0.2, 0.25) is 5.91 Å². The van der Waals surface area contributed by atoms with E-state index >= 15 is 0 Å². The average molecular weight is 343 g/mol. The molecule has 0 saturated carbocycles. The fourth-order valence-electron chi connectivity index (χ4n) is 2.44. The summed E-state index contributed by atoms with van der Waals surface area (Å²) in [5.41, 5.74) is 0.990. The van der Waals surface area contributed by atoms with E-state index in [9.17, 15) is 14.0 Å².